The van der Waals surface area contributed by atoms with Crippen LogP contribution in [0.2, 0.25) is 5.04 Å². The summed E-state index contributed by atoms with van der Waals surface area (Å²) in [6, 6.07) is 56.7. The Balaban J connectivity index is 1.03. The minimum absolute atomic E-state index is 0.0184. The molecule has 0 radical (unpaired) electrons. The fourth-order valence-electron chi connectivity index (χ4n) is 12.6. The maximum atomic E-state index is 17.0. The SMILES string of the molecule is COc1ccc(C(OC[C@H]2O[C@@H](n3cc(C)c(=O)[nH]c3=O)C[C@@H]2OP(=O)(OC[C@H]2O[C@@H](n3cc(C)c(=O)[nH]c3=O)C[C@@H]2O[Si](c2ccccc2)(c2ccccc2)C(C)(C)C)C(CC#N)Cc2cc3ccccc3[nH]2)(c2ccccc2)c2ccc(OC)cc2)cc1. The zero-order valence-corrected chi connectivity index (χ0v) is 53.1. The third-order valence-corrected chi connectivity index (χ3v) is 24.6. The number of ether oxygens (including phenoxy) is 5. The van der Waals surface area contributed by atoms with Gasteiger partial charge in [0.15, 0.2) is 0 Å². The zero-order chi connectivity index (χ0) is 63.4. The maximum absolute atomic E-state index is 17.0. The molecule has 2 saturated heterocycles. The highest BCUT2D eigenvalue weighted by Crippen LogP contribution is 2.59. The number of benzene rings is 6. The van der Waals surface area contributed by atoms with Crippen LogP contribution in [0.25, 0.3) is 10.9 Å². The van der Waals surface area contributed by atoms with Crippen molar-refractivity contribution < 1.29 is 41.7 Å². The minimum Gasteiger partial charge on any atom is -0.497 e. The van der Waals surface area contributed by atoms with E-state index in [1.807, 2.05) is 146 Å². The first-order valence-corrected chi connectivity index (χ1v) is 33.5. The molecule has 2 unspecified atom stereocenters. The molecule has 2 aliphatic rings. The van der Waals surface area contributed by atoms with E-state index in [2.05, 4.69) is 66.1 Å². The number of H-pyrrole nitrogens is 3. The molecule has 9 aromatic rings. The number of aromatic nitrogens is 5. The highest BCUT2D eigenvalue weighted by molar-refractivity contribution is 7.54. The predicted molar refractivity (Wildman–Crippen MR) is 344 cm³/mol. The largest absolute Gasteiger partial charge is 0.497 e. The molecule has 3 aromatic heterocycles. The van der Waals surface area contributed by atoms with E-state index in [0.29, 0.717) is 28.3 Å². The van der Waals surface area contributed by atoms with Crippen molar-refractivity contribution >= 4 is 37.2 Å². The number of methoxy groups -OCH3 is 2. The Morgan fingerprint density at radius 3 is 1.61 bits per heavy atom. The number of aromatic amines is 3. The van der Waals surface area contributed by atoms with Gasteiger partial charge in [-0.1, -0.05) is 154 Å². The second kappa shape index (κ2) is 26.5. The third kappa shape index (κ3) is 12.7. The highest BCUT2D eigenvalue weighted by atomic mass is 31.2. The summed E-state index contributed by atoms with van der Waals surface area (Å²) in [4.78, 5) is 61.7. The molecule has 8 atom stereocenters. The quantitative estimate of drug-likeness (QED) is 0.0307. The normalized spacial score (nSPS) is 19.7. The Morgan fingerprint density at radius 1 is 0.633 bits per heavy atom. The summed E-state index contributed by atoms with van der Waals surface area (Å²) >= 11 is 0. The summed E-state index contributed by atoms with van der Waals surface area (Å²) in [6.45, 7) is 8.90. The van der Waals surface area contributed by atoms with Crippen LogP contribution in [-0.4, -0.2) is 89.9 Å². The van der Waals surface area contributed by atoms with Gasteiger partial charge in [-0.3, -0.25) is 33.3 Å². The fourth-order valence-corrected chi connectivity index (χ4v) is 19.4. The van der Waals surface area contributed by atoms with Crippen molar-refractivity contribution in [2.45, 2.75) is 113 Å². The molecule has 2 aliphatic heterocycles. The number of para-hydroxylation sites is 1. The van der Waals surface area contributed by atoms with Crippen molar-refractivity contribution in [3.63, 3.8) is 0 Å². The molecule has 0 saturated carbocycles. The van der Waals surface area contributed by atoms with E-state index in [1.165, 1.54) is 21.5 Å². The molecule has 6 aromatic carbocycles. The van der Waals surface area contributed by atoms with Crippen molar-refractivity contribution in [3.05, 3.63) is 257 Å². The van der Waals surface area contributed by atoms with Crippen LogP contribution >= 0.6 is 7.60 Å². The van der Waals surface area contributed by atoms with Gasteiger partial charge in [0.25, 0.3) is 19.4 Å². The second-order valence-corrected chi connectivity index (χ2v) is 30.4. The Hall–Kier alpha value is -8.48. The van der Waals surface area contributed by atoms with Gasteiger partial charge in [-0.2, -0.15) is 5.26 Å². The van der Waals surface area contributed by atoms with E-state index in [0.717, 1.165) is 26.8 Å². The van der Waals surface area contributed by atoms with Crippen LogP contribution in [-0.2, 0) is 44.3 Å². The van der Waals surface area contributed by atoms with Gasteiger partial charge in [-0.05, 0) is 87.7 Å². The number of nitriles is 1. The number of rotatable bonds is 23. The standard InChI is InChI=1S/C69H73N6O13PSi/c1-45-41-74(66(78)72-64(45)76)62-39-58(60(85-62)43-83-69(48-20-11-8-12-21-48,49-27-31-52(81-6)32-28-49)50-29-33-53(82-7)34-30-50)87-89(80,54(35-36-70)38-51-37-47-19-17-18-26-57(47)71-51)84-44-61-59(40-63(86-61)75-42-46(2)65(77)73-67(75)79)88-90(68(3,4)5,55-22-13-9-14-23-55)56-24-15-10-16-25-56/h8-34,37,41-42,54,58-63,71H,35,38-40,43-44H2,1-7H3,(H,72,76,78)(H,73,77,79)/t54?,58-,59-,60+,61+,62+,63+,89?/m0/s1. The Kier molecular flexibility index (Phi) is 18.6. The van der Waals surface area contributed by atoms with Gasteiger partial charge < -0.3 is 42.1 Å². The number of hydrogen-bond acceptors (Lipinski definition) is 14. The number of nitrogens with zero attached hydrogens (tertiary/aromatic N) is 3. The van der Waals surface area contributed by atoms with Crippen LogP contribution in [0.1, 0.15) is 86.0 Å². The van der Waals surface area contributed by atoms with Gasteiger partial charge in [0.1, 0.15) is 41.8 Å². The fraction of sp³-hybridized carbons (Fsp3) is 0.319. The van der Waals surface area contributed by atoms with E-state index in [4.69, 9.17) is 37.2 Å². The smallest absolute Gasteiger partial charge is 0.335 e. The number of hydrogen-bond donors (Lipinski definition) is 3. The van der Waals surface area contributed by atoms with Crippen LogP contribution in [0.5, 0.6) is 11.5 Å². The third-order valence-electron chi connectivity index (χ3n) is 17.2. The summed E-state index contributed by atoms with van der Waals surface area (Å²) in [7, 11) is -4.97. The van der Waals surface area contributed by atoms with Gasteiger partial charge in [0.2, 0.25) is 0 Å². The molecule has 21 heteroatoms. The molecule has 3 N–H and O–H groups in total. The lowest BCUT2D eigenvalue weighted by atomic mass is 9.80. The summed E-state index contributed by atoms with van der Waals surface area (Å²) in [5.41, 5.74) is -0.915. The molecule has 2 fully saturated rings. The van der Waals surface area contributed by atoms with Crippen LogP contribution in [0.3, 0.4) is 0 Å². The van der Waals surface area contributed by atoms with Crippen molar-refractivity contribution in [1.29, 1.82) is 5.26 Å². The molecule has 0 spiro atoms. The molecule has 11 rings (SSSR count). The average molecular weight is 1250 g/mol. The molecule has 19 nitrogen and oxygen atoms in total. The van der Waals surface area contributed by atoms with Gasteiger partial charge in [-0.25, -0.2) is 9.59 Å². The van der Waals surface area contributed by atoms with E-state index in [9.17, 15) is 24.4 Å². The van der Waals surface area contributed by atoms with Crippen molar-refractivity contribution in [2.75, 3.05) is 27.4 Å². The lowest BCUT2D eigenvalue weighted by Gasteiger charge is -2.45. The number of nitrogens with one attached hydrogen (secondary N) is 3. The molecule has 5 heterocycles. The lowest BCUT2D eigenvalue weighted by molar-refractivity contribution is -0.0936. The van der Waals surface area contributed by atoms with E-state index < -0.39 is 98.2 Å². The first-order chi connectivity index (χ1) is 43.4. The first kappa shape index (κ1) is 63.1. The van der Waals surface area contributed by atoms with Gasteiger partial charge in [0, 0.05) is 60.4 Å². The van der Waals surface area contributed by atoms with E-state index in [1.54, 1.807) is 28.1 Å². The van der Waals surface area contributed by atoms with Crippen molar-refractivity contribution in [2.24, 2.45) is 0 Å². The van der Waals surface area contributed by atoms with Crippen LogP contribution < -0.4 is 42.3 Å². The second-order valence-electron chi connectivity index (χ2n) is 23.9. The average Bonchev–Trinajstić information content (AvgIpc) is 1.02. The Morgan fingerprint density at radius 2 is 1.11 bits per heavy atom. The molecule has 466 valence electrons. The number of fused-ring (bicyclic) bond motifs is 1. The minimum atomic E-state index is -4.73. The van der Waals surface area contributed by atoms with Gasteiger partial charge in [-0.15, -0.1) is 0 Å². The molecular weight excluding hydrogens is 1180 g/mol. The van der Waals surface area contributed by atoms with E-state index in [-0.39, 0.29) is 43.4 Å². The monoisotopic (exact) mass is 1250 g/mol. The first-order valence-electron chi connectivity index (χ1n) is 29.9. The Bertz CT molecular complexity index is 4180. The molecule has 0 amide bonds. The molecule has 0 aliphatic carbocycles. The van der Waals surface area contributed by atoms with Gasteiger partial charge in [0.05, 0.1) is 51.4 Å². The van der Waals surface area contributed by atoms with Gasteiger partial charge >= 0.3 is 19.0 Å². The summed E-state index contributed by atoms with van der Waals surface area (Å²) in [5, 5.41) is 13.1. The Labute approximate surface area is 521 Å². The van der Waals surface area contributed by atoms with Crippen LogP contribution in [0, 0.1) is 25.2 Å². The lowest BCUT2D eigenvalue weighted by Crippen LogP contribution is -2.68. The number of aryl methyl sites for hydroxylation is 2. The summed E-state index contributed by atoms with van der Waals surface area (Å²) in [5.74, 6) is 1.23. The molecule has 90 heavy (non-hydrogen) atoms. The summed E-state index contributed by atoms with van der Waals surface area (Å²) in [6.07, 6.45) is -3.79. The van der Waals surface area contributed by atoms with E-state index >= 15 is 4.57 Å². The van der Waals surface area contributed by atoms with Crippen molar-refractivity contribution in [3.8, 4) is 17.6 Å². The predicted octanol–water partition coefficient (Wildman–Crippen LogP) is 9.85. The zero-order valence-electron chi connectivity index (χ0n) is 51.2. The molecular formula is C69H73N6O13PSi. The van der Waals surface area contributed by atoms with Crippen molar-refractivity contribution in [1.82, 2.24) is 24.1 Å². The molecule has 0 bridgehead atoms. The topological polar surface area (TPSA) is 240 Å². The van der Waals surface area contributed by atoms with Crippen LogP contribution in [0.4, 0.5) is 0 Å². The van der Waals surface area contributed by atoms with Crippen LogP contribution in [0.15, 0.2) is 201 Å². The summed E-state index contributed by atoms with van der Waals surface area (Å²) < 4.78 is 74.1. The maximum Gasteiger partial charge on any atom is 0.335 e. The highest BCUT2D eigenvalue weighted by Gasteiger charge is 2.55.